The lowest BCUT2D eigenvalue weighted by atomic mass is 10.2. The zero-order valence-corrected chi connectivity index (χ0v) is 11.6. The maximum Gasteiger partial charge on any atom is 0.453 e. The monoisotopic (exact) mass is 314 g/mol. The van der Waals surface area contributed by atoms with Crippen molar-refractivity contribution in [1.82, 2.24) is 19.8 Å². The fourth-order valence-corrected chi connectivity index (χ4v) is 2.63. The average molecular weight is 314 g/mol. The van der Waals surface area contributed by atoms with Gasteiger partial charge in [-0.3, -0.25) is 0 Å². The first-order valence-electron chi connectivity index (χ1n) is 6.01. The Balaban J connectivity index is 2.05. The van der Waals surface area contributed by atoms with Gasteiger partial charge in [-0.2, -0.15) is 22.8 Å². The first-order valence-corrected chi connectivity index (χ1v) is 6.83. The van der Waals surface area contributed by atoms with Gasteiger partial charge in [-0.25, -0.2) is 0 Å². The van der Waals surface area contributed by atoms with Crippen molar-refractivity contribution in [2.75, 3.05) is 6.61 Å². The number of fused-ring (bicyclic) bond motifs is 1. The molecule has 9 heteroatoms. The van der Waals surface area contributed by atoms with E-state index in [4.69, 9.17) is 4.74 Å². The molecule has 0 unspecified atom stereocenters. The number of nitrogens with zero attached hydrogens (tertiary/aromatic N) is 4. The first-order chi connectivity index (χ1) is 9.99. The van der Waals surface area contributed by atoms with Crippen LogP contribution < -0.4 is 4.74 Å². The van der Waals surface area contributed by atoms with Gasteiger partial charge in [-0.15, -0.1) is 10.2 Å². The third-order valence-electron chi connectivity index (χ3n) is 2.64. The van der Waals surface area contributed by atoms with Crippen LogP contribution in [0.2, 0.25) is 0 Å². The number of halogens is 3. The molecule has 110 valence electrons. The molecule has 0 bridgehead atoms. The number of hydrogen-bond acceptors (Lipinski definition) is 5. The highest BCUT2D eigenvalue weighted by Crippen LogP contribution is 2.32. The molecule has 1 aromatic carbocycles. The summed E-state index contributed by atoms with van der Waals surface area (Å²) >= 11 is 1.04. The normalized spacial score (nSPS) is 12.0. The molecule has 0 fully saturated rings. The van der Waals surface area contributed by atoms with Crippen LogP contribution in [0, 0.1) is 0 Å². The van der Waals surface area contributed by atoms with E-state index in [0.29, 0.717) is 27.4 Å². The third kappa shape index (κ3) is 2.56. The van der Waals surface area contributed by atoms with Crippen LogP contribution in [0.25, 0.3) is 15.5 Å². The molecule has 2 heterocycles. The number of aromatic nitrogens is 4. The van der Waals surface area contributed by atoms with E-state index >= 15 is 0 Å². The quantitative estimate of drug-likeness (QED) is 0.744. The molecule has 0 N–H and O–H groups in total. The van der Waals surface area contributed by atoms with Gasteiger partial charge in [0.15, 0.2) is 0 Å². The van der Waals surface area contributed by atoms with Crippen LogP contribution in [0.1, 0.15) is 12.7 Å². The minimum Gasteiger partial charge on any atom is -0.494 e. The Bertz CT molecular complexity index is 780. The van der Waals surface area contributed by atoms with Gasteiger partial charge in [0.1, 0.15) is 10.8 Å². The minimum atomic E-state index is -4.59. The van der Waals surface area contributed by atoms with Crippen LogP contribution in [0.5, 0.6) is 5.75 Å². The molecule has 2 aromatic heterocycles. The molecule has 0 atom stereocenters. The summed E-state index contributed by atoms with van der Waals surface area (Å²) in [4.78, 5) is 0.0964. The second-order valence-corrected chi connectivity index (χ2v) is 5.04. The van der Waals surface area contributed by atoms with Crippen molar-refractivity contribution < 1.29 is 17.9 Å². The maximum atomic E-state index is 12.7. The van der Waals surface area contributed by atoms with Gasteiger partial charge in [-0.05, 0) is 19.1 Å². The highest BCUT2D eigenvalue weighted by atomic mass is 32.1. The maximum absolute atomic E-state index is 12.7. The minimum absolute atomic E-state index is 0.0964. The predicted molar refractivity (Wildman–Crippen MR) is 70.3 cm³/mol. The summed E-state index contributed by atoms with van der Waals surface area (Å²) in [5.74, 6) is -0.488. The average Bonchev–Trinajstić information content (AvgIpc) is 2.97. The van der Waals surface area contributed by atoms with Crippen LogP contribution in [0.3, 0.4) is 0 Å². The van der Waals surface area contributed by atoms with E-state index in [1.54, 1.807) is 24.3 Å². The Morgan fingerprint density at radius 2 is 2.10 bits per heavy atom. The number of ether oxygens (including phenoxy) is 1. The fourth-order valence-electron chi connectivity index (χ4n) is 1.80. The highest BCUT2D eigenvalue weighted by molar-refractivity contribution is 7.19. The summed E-state index contributed by atoms with van der Waals surface area (Å²) in [7, 11) is 0. The smallest absolute Gasteiger partial charge is 0.453 e. The van der Waals surface area contributed by atoms with Crippen LogP contribution in [0.15, 0.2) is 24.3 Å². The molecule has 0 radical (unpaired) electrons. The van der Waals surface area contributed by atoms with E-state index in [1.165, 1.54) is 0 Å². The molecular weight excluding hydrogens is 305 g/mol. The second-order valence-electron chi connectivity index (χ2n) is 4.08. The fraction of sp³-hybridized carbons (Fsp3) is 0.250. The van der Waals surface area contributed by atoms with Gasteiger partial charge in [-0.1, -0.05) is 23.5 Å². The Hall–Kier alpha value is -2.16. The number of hydrogen-bond donors (Lipinski definition) is 0. The molecule has 3 aromatic rings. The molecule has 0 aliphatic carbocycles. The van der Waals surface area contributed by atoms with Crippen molar-refractivity contribution in [1.29, 1.82) is 0 Å². The van der Waals surface area contributed by atoms with E-state index in [-0.39, 0.29) is 4.96 Å². The van der Waals surface area contributed by atoms with E-state index in [1.807, 2.05) is 6.92 Å². The number of alkyl halides is 3. The van der Waals surface area contributed by atoms with Crippen LogP contribution in [0.4, 0.5) is 13.2 Å². The highest BCUT2D eigenvalue weighted by Gasteiger charge is 2.38. The summed E-state index contributed by atoms with van der Waals surface area (Å²) < 4.78 is 44.3. The van der Waals surface area contributed by atoms with Crippen molar-refractivity contribution in [2.45, 2.75) is 13.1 Å². The molecule has 21 heavy (non-hydrogen) atoms. The van der Waals surface area contributed by atoms with Gasteiger partial charge in [0.2, 0.25) is 4.96 Å². The standard InChI is InChI=1S/C12H9F3N4OS/c1-2-20-8-5-3-4-7(6-8)9-18-19-10(12(13,14)15)16-17-11(19)21-9/h3-6H,2H2,1H3. The number of benzene rings is 1. The zero-order valence-electron chi connectivity index (χ0n) is 10.8. The molecule has 0 spiro atoms. The van der Waals surface area contributed by atoms with Crippen molar-refractivity contribution in [3.63, 3.8) is 0 Å². The summed E-state index contributed by atoms with van der Waals surface area (Å²) in [6.07, 6.45) is -4.59. The van der Waals surface area contributed by atoms with E-state index in [9.17, 15) is 13.2 Å². The summed E-state index contributed by atoms with van der Waals surface area (Å²) in [6, 6.07) is 7.01. The molecule has 5 nitrogen and oxygen atoms in total. The van der Waals surface area contributed by atoms with Gasteiger partial charge in [0, 0.05) is 5.56 Å². The first kappa shape index (κ1) is 13.8. The Kier molecular flexibility index (Phi) is 3.28. The van der Waals surface area contributed by atoms with Crippen molar-refractivity contribution >= 4 is 16.3 Å². The van der Waals surface area contributed by atoms with Crippen LogP contribution in [-0.4, -0.2) is 26.4 Å². The summed E-state index contributed by atoms with van der Waals surface area (Å²) in [5.41, 5.74) is 0.671. The van der Waals surface area contributed by atoms with Gasteiger partial charge in [0.25, 0.3) is 5.82 Å². The predicted octanol–water partition coefficient (Wildman–Crippen LogP) is 3.27. The Morgan fingerprint density at radius 3 is 2.81 bits per heavy atom. The lowest BCUT2D eigenvalue weighted by Gasteiger charge is -2.03. The van der Waals surface area contributed by atoms with Crippen molar-refractivity contribution in [3.8, 4) is 16.3 Å². The largest absolute Gasteiger partial charge is 0.494 e. The van der Waals surface area contributed by atoms with E-state index in [2.05, 4.69) is 15.3 Å². The van der Waals surface area contributed by atoms with Gasteiger partial charge >= 0.3 is 6.18 Å². The second kappa shape index (κ2) is 4.99. The van der Waals surface area contributed by atoms with Gasteiger partial charge in [0.05, 0.1) is 6.61 Å². The van der Waals surface area contributed by atoms with Crippen molar-refractivity contribution in [2.24, 2.45) is 0 Å². The molecular formula is C12H9F3N4OS. The molecule has 0 saturated carbocycles. The lowest BCUT2D eigenvalue weighted by Crippen LogP contribution is -2.11. The Morgan fingerprint density at radius 1 is 1.29 bits per heavy atom. The molecule has 3 rings (SSSR count). The summed E-state index contributed by atoms with van der Waals surface area (Å²) in [6.45, 7) is 2.36. The zero-order chi connectivity index (χ0) is 15.0. The molecule has 0 saturated heterocycles. The molecule has 0 aliphatic heterocycles. The van der Waals surface area contributed by atoms with E-state index < -0.39 is 12.0 Å². The summed E-state index contributed by atoms with van der Waals surface area (Å²) in [5, 5.41) is 11.0. The van der Waals surface area contributed by atoms with Crippen molar-refractivity contribution in [3.05, 3.63) is 30.1 Å². The SMILES string of the molecule is CCOc1cccc(-c2nn3c(C(F)(F)F)nnc3s2)c1. The molecule has 0 aliphatic rings. The number of rotatable bonds is 3. The Labute approximate surface area is 121 Å². The molecule has 0 amide bonds. The van der Waals surface area contributed by atoms with Crippen LogP contribution in [-0.2, 0) is 6.18 Å². The van der Waals surface area contributed by atoms with E-state index in [0.717, 1.165) is 11.3 Å². The van der Waals surface area contributed by atoms with Crippen LogP contribution >= 0.6 is 11.3 Å². The third-order valence-corrected chi connectivity index (χ3v) is 3.58. The lowest BCUT2D eigenvalue weighted by molar-refractivity contribution is -0.146. The van der Waals surface area contributed by atoms with Gasteiger partial charge < -0.3 is 4.74 Å². The topological polar surface area (TPSA) is 52.3 Å².